The van der Waals surface area contributed by atoms with Crippen LogP contribution in [-0.2, 0) is 9.53 Å². The van der Waals surface area contributed by atoms with Gasteiger partial charge in [-0.25, -0.2) is 9.79 Å². The van der Waals surface area contributed by atoms with Gasteiger partial charge in [0.25, 0.3) is 5.56 Å². The molecule has 0 radical (unpaired) electrons. The molecule has 1 aliphatic rings. The number of rotatable bonds is 6. The first-order chi connectivity index (χ1) is 16.3. The van der Waals surface area contributed by atoms with Gasteiger partial charge >= 0.3 is 5.97 Å². The number of benzene rings is 2. The van der Waals surface area contributed by atoms with Crippen molar-refractivity contribution < 1.29 is 19.4 Å². The van der Waals surface area contributed by atoms with E-state index in [4.69, 9.17) is 9.47 Å². The Hall–Kier alpha value is -2.92. The molecule has 34 heavy (non-hydrogen) atoms. The average molecular weight is 590 g/mol. The molecule has 0 saturated carbocycles. The van der Waals surface area contributed by atoms with Gasteiger partial charge in [-0.1, -0.05) is 29.5 Å². The van der Waals surface area contributed by atoms with Crippen molar-refractivity contribution in [3.05, 3.63) is 88.1 Å². The second-order valence-corrected chi connectivity index (χ2v) is 9.69. The summed E-state index contributed by atoms with van der Waals surface area (Å²) < 4.78 is 13.6. The third kappa shape index (κ3) is 4.67. The summed E-state index contributed by atoms with van der Waals surface area (Å²) in [5.41, 5.74) is 2.15. The van der Waals surface area contributed by atoms with Gasteiger partial charge < -0.3 is 14.6 Å². The first kappa shape index (κ1) is 24.2. The van der Waals surface area contributed by atoms with Crippen LogP contribution in [0.15, 0.2) is 63.5 Å². The lowest BCUT2D eigenvalue weighted by atomic mass is 9.96. The first-order valence-corrected chi connectivity index (χ1v) is 12.6. The molecule has 2 aromatic carbocycles. The maximum atomic E-state index is 13.6. The summed E-state index contributed by atoms with van der Waals surface area (Å²) in [5.74, 6) is 0.397. The summed E-state index contributed by atoms with van der Waals surface area (Å²) in [7, 11) is 0. The van der Waals surface area contributed by atoms with Gasteiger partial charge in [-0.15, -0.1) is 0 Å². The number of thiazole rings is 1. The van der Waals surface area contributed by atoms with E-state index in [1.165, 1.54) is 11.3 Å². The Balaban J connectivity index is 1.91. The minimum Gasteiger partial charge on any atom is -0.507 e. The van der Waals surface area contributed by atoms with E-state index in [0.29, 0.717) is 36.5 Å². The number of carbonyl (C=O) groups excluding carboxylic acids is 1. The van der Waals surface area contributed by atoms with Gasteiger partial charge in [0, 0.05) is 0 Å². The number of hydrogen-bond acceptors (Lipinski definition) is 7. The molecular formula is C25H23IN2O5S. The van der Waals surface area contributed by atoms with E-state index in [1.54, 1.807) is 42.7 Å². The highest BCUT2D eigenvalue weighted by Gasteiger charge is 2.33. The summed E-state index contributed by atoms with van der Waals surface area (Å²) in [5, 5.41) is 9.81. The predicted octanol–water partition coefficient (Wildman–Crippen LogP) is 3.51. The molecule has 176 valence electrons. The average Bonchev–Trinajstić information content (AvgIpc) is 3.10. The van der Waals surface area contributed by atoms with Crippen molar-refractivity contribution >= 4 is 46.0 Å². The quantitative estimate of drug-likeness (QED) is 0.351. The molecule has 2 heterocycles. The Bertz CT molecular complexity index is 1450. The fraction of sp³-hybridized carbons (Fsp3) is 0.240. The van der Waals surface area contributed by atoms with Crippen LogP contribution in [0, 0.1) is 3.57 Å². The number of hydrogen-bond donors (Lipinski definition) is 1. The van der Waals surface area contributed by atoms with Gasteiger partial charge in [-0.2, -0.15) is 0 Å². The van der Waals surface area contributed by atoms with E-state index in [0.717, 1.165) is 11.1 Å². The molecule has 3 aromatic rings. The second kappa shape index (κ2) is 10.1. The van der Waals surface area contributed by atoms with Gasteiger partial charge in [-0.3, -0.25) is 9.36 Å². The molecule has 4 rings (SSSR count). The standard InChI is InChI=1S/C25H23IN2O5S/c1-4-32-17-9-7-16(8-10-17)22-21(24(31)33-5-2)14(3)27-25-28(22)23(30)20(34-25)13-15-6-11-19(29)18(26)12-15/h6-13,22,29H,4-5H2,1-3H3/t22-/m1/s1. The van der Waals surface area contributed by atoms with Crippen LogP contribution in [0.4, 0.5) is 0 Å². The van der Waals surface area contributed by atoms with Crippen molar-refractivity contribution in [1.29, 1.82) is 0 Å². The molecule has 0 spiro atoms. The van der Waals surface area contributed by atoms with Crippen LogP contribution in [0.3, 0.4) is 0 Å². The summed E-state index contributed by atoms with van der Waals surface area (Å²) in [6, 6.07) is 11.8. The van der Waals surface area contributed by atoms with Crippen LogP contribution in [0.2, 0.25) is 0 Å². The number of halogens is 1. The zero-order chi connectivity index (χ0) is 24.4. The Kier molecular flexibility index (Phi) is 7.22. The van der Waals surface area contributed by atoms with Gasteiger partial charge in [0.2, 0.25) is 0 Å². The molecule has 0 amide bonds. The Morgan fingerprint density at radius 2 is 1.94 bits per heavy atom. The summed E-state index contributed by atoms with van der Waals surface area (Å²) in [6.07, 6.45) is 1.77. The minimum absolute atomic E-state index is 0.185. The predicted molar refractivity (Wildman–Crippen MR) is 139 cm³/mol. The van der Waals surface area contributed by atoms with Gasteiger partial charge in [-0.05, 0) is 84.8 Å². The van der Waals surface area contributed by atoms with Gasteiger partial charge in [0.15, 0.2) is 4.80 Å². The van der Waals surface area contributed by atoms with Crippen molar-refractivity contribution in [3.63, 3.8) is 0 Å². The molecule has 1 aromatic heterocycles. The van der Waals surface area contributed by atoms with Crippen molar-refractivity contribution in [1.82, 2.24) is 4.57 Å². The first-order valence-electron chi connectivity index (χ1n) is 10.7. The van der Waals surface area contributed by atoms with E-state index < -0.39 is 12.0 Å². The lowest BCUT2D eigenvalue weighted by Crippen LogP contribution is -2.39. The highest BCUT2D eigenvalue weighted by Crippen LogP contribution is 2.31. The number of ether oxygens (including phenoxy) is 2. The maximum Gasteiger partial charge on any atom is 0.338 e. The smallest absolute Gasteiger partial charge is 0.338 e. The van der Waals surface area contributed by atoms with E-state index in [2.05, 4.69) is 4.99 Å². The molecular weight excluding hydrogens is 567 g/mol. The van der Waals surface area contributed by atoms with Crippen LogP contribution in [0.1, 0.15) is 37.9 Å². The van der Waals surface area contributed by atoms with E-state index in [-0.39, 0.29) is 17.9 Å². The third-order valence-corrected chi connectivity index (χ3v) is 7.14. The number of nitrogens with zero attached hydrogens (tertiary/aromatic N) is 2. The monoisotopic (exact) mass is 590 g/mol. The van der Waals surface area contributed by atoms with Crippen LogP contribution in [0.5, 0.6) is 11.5 Å². The van der Waals surface area contributed by atoms with E-state index in [9.17, 15) is 14.7 Å². The van der Waals surface area contributed by atoms with Crippen LogP contribution < -0.4 is 19.6 Å². The van der Waals surface area contributed by atoms with Crippen molar-refractivity contribution in [2.45, 2.75) is 26.8 Å². The zero-order valence-corrected chi connectivity index (χ0v) is 21.8. The van der Waals surface area contributed by atoms with Crippen molar-refractivity contribution in [2.75, 3.05) is 13.2 Å². The normalized spacial score (nSPS) is 15.6. The number of fused-ring (bicyclic) bond motifs is 1. The molecule has 0 bridgehead atoms. The Labute approximate surface area is 213 Å². The van der Waals surface area contributed by atoms with Crippen molar-refractivity contribution in [2.24, 2.45) is 4.99 Å². The molecule has 0 aliphatic carbocycles. The van der Waals surface area contributed by atoms with Crippen molar-refractivity contribution in [3.8, 4) is 11.5 Å². The highest BCUT2D eigenvalue weighted by atomic mass is 127. The SMILES string of the molecule is CCOC(=O)C1=C(C)N=c2sc(=Cc3ccc(O)c(I)c3)c(=O)n2[C@@H]1c1ccc(OCC)cc1. The Morgan fingerprint density at radius 1 is 1.21 bits per heavy atom. The Morgan fingerprint density at radius 3 is 2.59 bits per heavy atom. The number of allylic oxidation sites excluding steroid dienone is 1. The highest BCUT2D eigenvalue weighted by molar-refractivity contribution is 14.1. The van der Waals surface area contributed by atoms with Crippen LogP contribution in [-0.4, -0.2) is 28.9 Å². The molecule has 0 unspecified atom stereocenters. The lowest BCUT2D eigenvalue weighted by molar-refractivity contribution is -0.139. The van der Waals surface area contributed by atoms with E-state index in [1.807, 2.05) is 53.8 Å². The number of phenolic OH excluding ortho intramolecular Hbond substituents is 1. The maximum absolute atomic E-state index is 13.6. The molecule has 7 nitrogen and oxygen atoms in total. The largest absolute Gasteiger partial charge is 0.507 e. The third-order valence-electron chi connectivity index (χ3n) is 5.29. The molecule has 1 N–H and O–H groups in total. The van der Waals surface area contributed by atoms with E-state index >= 15 is 0 Å². The topological polar surface area (TPSA) is 90.1 Å². The lowest BCUT2D eigenvalue weighted by Gasteiger charge is -2.24. The number of phenols is 1. The summed E-state index contributed by atoms with van der Waals surface area (Å²) in [4.78, 5) is 31.6. The molecule has 9 heteroatoms. The minimum atomic E-state index is -0.673. The fourth-order valence-corrected chi connectivity index (χ4v) is 5.37. The zero-order valence-electron chi connectivity index (χ0n) is 18.9. The number of esters is 1. The number of aromatic hydroxyl groups is 1. The van der Waals surface area contributed by atoms with Gasteiger partial charge in [0.05, 0.1) is 38.6 Å². The second-order valence-electron chi connectivity index (χ2n) is 7.52. The molecule has 1 atom stereocenters. The van der Waals surface area contributed by atoms with Gasteiger partial charge in [0.1, 0.15) is 11.5 Å². The summed E-state index contributed by atoms with van der Waals surface area (Å²) in [6.45, 7) is 6.17. The number of aromatic nitrogens is 1. The van der Waals surface area contributed by atoms with Crippen LogP contribution >= 0.6 is 33.9 Å². The van der Waals surface area contributed by atoms with Crippen LogP contribution in [0.25, 0.3) is 6.08 Å². The fourth-order valence-electron chi connectivity index (χ4n) is 3.78. The number of carbonyl (C=O) groups is 1. The summed E-state index contributed by atoms with van der Waals surface area (Å²) >= 11 is 3.30. The molecule has 0 fully saturated rings. The molecule has 1 aliphatic heterocycles. The molecule has 0 saturated heterocycles.